The maximum atomic E-state index is 13.9. The van der Waals surface area contributed by atoms with Gasteiger partial charge in [-0.1, -0.05) is 18.2 Å². The number of carbonyl (C=O) groups is 2. The van der Waals surface area contributed by atoms with E-state index in [0.29, 0.717) is 13.0 Å². The fourth-order valence-corrected chi connectivity index (χ4v) is 4.65. The van der Waals surface area contributed by atoms with Gasteiger partial charge in [-0.25, -0.2) is 18.4 Å². The van der Waals surface area contributed by atoms with Gasteiger partial charge in [-0.05, 0) is 25.5 Å². The van der Waals surface area contributed by atoms with Crippen LogP contribution in [0, 0.1) is 0 Å². The first-order valence-electron chi connectivity index (χ1n) is 12.1. The Morgan fingerprint density at radius 3 is 2.64 bits per heavy atom. The molecule has 1 aliphatic rings. The van der Waals surface area contributed by atoms with E-state index in [1.54, 1.807) is 0 Å². The van der Waals surface area contributed by atoms with Gasteiger partial charge in [0.25, 0.3) is 5.92 Å². The van der Waals surface area contributed by atoms with Gasteiger partial charge in [-0.3, -0.25) is 24.4 Å². The molecule has 208 valence electrons. The summed E-state index contributed by atoms with van der Waals surface area (Å²) in [6.45, 7) is 0.0101. The van der Waals surface area contributed by atoms with Crippen LogP contribution in [-0.4, -0.2) is 73.7 Å². The first-order valence-corrected chi connectivity index (χ1v) is 12.1. The molecule has 39 heavy (non-hydrogen) atoms. The maximum absolute atomic E-state index is 13.9. The number of likely N-dealkylation sites (tertiary alicyclic amines) is 1. The molecule has 1 N–H and O–H groups in total. The predicted octanol–water partition coefficient (Wildman–Crippen LogP) is 4.28. The first-order chi connectivity index (χ1) is 18.5. The van der Waals surface area contributed by atoms with Gasteiger partial charge in [0.1, 0.15) is 0 Å². The third-order valence-corrected chi connectivity index (χ3v) is 6.40. The normalized spacial score (nSPS) is 16.5. The highest BCUT2D eigenvalue weighted by atomic mass is 19.4. The molecule has 0 bridgehead atoms. The van der Waals surface area contributed by atoms with Gasteiger partial charge >= 0.3 is 12.1 Å². The minimum Gasteiger partial charge on any atom is -0.481 e. The molecule has 0 unspecified atom stereocenters. The molecular formula is C25H25F5N6O3. The number of hydrogen-bond acceptors (Lipinski definition) is 6. The lowest BCUT2D eigenvalue weighted by Gasteiger charge is -2.34. The summed E-state index contributed by atoms with van der Waals surface area (Å²) in [5.41, 5.74) is -1.26. The van der Waals surface area contributed by atoms with E-state index >= 15 is 0 Å². The summed E-state index contributed by atoms with van der Waals surface area (Å²) < 4.78 is 70.4. The maximum Gasteiger partial charge on any atom is 0.417 e. The van der Waals surface area contributed by atoms with Gasteiger partial charge in [0.15, 0.2) is 11.6 Å². The lowest BCUT2D eigenvalue weighted by molar-refractivity contribution is -0.138. The van der Waals surface area contributed by atoms with Crippen LogP contribution >= 0.6 is 0 Å². The highest BCUT2D eigenvalue weighted by Gasteiger charge is 2.37. The minimum atomic E-state index is -4.71. The number of amides is 1. The second-order valence-electron chi connectivity index (χ2n) is 9.20. The SMILES string of the molecule is O=CN(c1cc(-c2ccccc2C(F)(F)F)n(-c2cnccn2)n1)[C@@H](CCN1CCCC(F)(F)C1)CC(=O)O. The average molecular weight is 553 g/mol. The van der Waals surface area contributed by atoms with Crippen LogP contribution in [0.5, 0.6) is 0 Å². The number of carboxylic acids is 1. The molecule has 1 atom stereocenters. The quantitative estimate of drug-likeness (QED) is 0.296. The van der Waals surface area contributed by atoms with Crippen molar-refractivity contribution in [3.63, 3.8) is 0 Å². The molecule has 2 aromatic heterocycles. The highest BCUT2D eigenvalue weighted by molar-refractivity contribution is 5.80. The van der Waals surface area contributed by atoms with Crippen LogP contribution < -0.4 is 4.90 Å². The molecule has 3 heterocycles. The fourth-order valence-electron chi connectivity index (χ4n) is 4.65. The molecule has 0 spiro atoms. The fraction of sp³-hybridized carbons (Fsp3) is 0.400. The number of alkyl halides is 5. The second kappa shape index (κ2) is 11.4. The molecule has 1 aliphatic heterocycles. The third kappa shape index (κ3) is 6.74. The molecule has 1 saturated heterocycles. The van der Waals surface area contributed by atoms with Crippen LogP contribution in [0.4, 0.5) is 27.8 Å². The summed E-state index contributed by atoms with van der Waals surface area (Å²) in [5.74, 6) is -4.17. The van der Waals surface area contributed by atoms with Gasteiger partial charge in [0, 0.05) is 43.0 Å². The van der Waals surface area contributed by atoms with Crippen LogP contribution in [0.25, 0.3) is 17.1 Å². The summed E-state index contributed by atoms with van der Waals surface area (Å²) in [4.78, 5) is 34.4. The van der Waals surface area contributed by atoms with Crippen molar-refractivity contribution in [1.82, 2.24) is 24.6 Å². The van der Waals surface area contributed by atoms with E-state index in [-0.39, 0.29) is 48.7 Å². The minimum absolute atomic E-state index is 0.0214. The molecule has 1 aromatic carbocycles. The number of carboxylic acid groups (broad SMARTS) is 1. The predicted molar refractivity (Wildman–Crippen MR) is 129 cm³/mol. The molecule has 3 aromatic rings. The van der Waals surface area contributed by atoms with Gasteiger partial charge in [0.2, 0.25) is 6.41 Å². The summed E-state index contributed by atoms with van der Waals surface area (Å²) in [5, 5.41) is 13.8. The Hall–Kier alpha value is -3.94. The van der Waals surface area contributed by atoms with Crippen molar-refractivity contribution in [2.45, 2.75) is 43.8 Å². The van der Waals surface area contributed by atoms with Crippen molar-refractivity contribution in [2.24, 2.45) is 0 Å². The van der Waals surface area contributed by atoms with Crippen molar-refractivity contribution < 1.29 is 36.6 Å². The van der Waals surface area contributed by atoms with E-state index in [9.17, 15) is 36.6 Å². The Morgan fingerprint density at radius 1 is 1.23 bits per heavy atom. The largest absolute Gasteiger partial charge is 0.481 e. The molecule has 1 amide bonds. The second-order valence-corrected chi connectivity index (χ2v) is 9.20. The van der Waals surface area contributed by atoms with E-state index in [1.165, 1.54) is 47.8 Å². The van der Waals surface area contributed by atoms with Gasteiger partial charge in [-0.2, -0.15) is 13.2 Å². The Morgan fingerprint density at radius 2 is 2.00 bits per heavy atom. The topological polar surface area (TPSA) is 104 Å². The highest BCUT2D eigenvalue weighted by Crippen LogP contribution is 2.39. The molecule has 4 rings (SSSR count). The number of rotatable bonds is 10. The number of benzene rings is 1. The molecular weight excluding hydrogens is 527 g/mol. The Kier molecular flexibility index (Phi) is 8.23. The first kappa shape index (κ1) is 28.1. The molecule has 9 nitrogen and oxygen atoms in total. The molecule has 0 saturated carbocycles. The summed E-state index contributed by atoms with van der Waals surface area (Å²) in [6, 6.07) is 5.02. The summed E-state index contributed by atoms with van der Waals surface area (Å²) in [6.07, 6.45) is -0.890. The average Bonchev–Trinajstić information content (AvgIpc) is 3.32. The zero-order valence-electron chi connectivity index (χ0n) is 20.6. The Bertz CT molecular complexity index is 1300. The molecule has 1 fully saturated rings. The number of carbonyl (C=O) groups excluding carboxylic acids is 1. The van der Waals surface area contributed by atoms with Crippen LogP contribution in [0.2, 0.25) is 0 Å². The third-order valence-electron chi connectivity index (χ3n) is 6.40. The number of aliphatic carboxylic acids is 1. The van der Waals surface area contributed by atoms with Crippen molar-refractivity contribution in [2.75, 3.05) is 24.5 Å². The molecule has 0 radical (unpaired) electrons. The van der Waals surface area contributed by atoms with Gasteiger partial charge < -0.3 is 5.11 Å². The number of nitrogens with zero attached hydrogens (tertiary/aromatic N) is 6. The van der Waals surface area contributed by atoms with E-state index in [0.717, 1.165) is 15.6 Å². The Labute approximate surface area is 219 Å². The van der Waals surface area contributed by atoms with Crippen LogP contribution in [0.1, 0.15) is 31.2 Å². The van der Waals surface area contributed by atoms with Crippen LogP contribution in [0.15, 0.2) is 48.9 Å². The lowest BCUT2D eigenvalue weighted by Crippen LogP contribution is -2.45. The van der Waals surface area contributed by atoms with Crippen molar-refractivity contribution in [3.05, 3.63) is 54.5 Å². The monoisotopic (exact) mass is 552 g/mol. The van der Waals surface area contributed by atoms with Crippen molar-refractivity contribution >= 4 is 18.2 Å². The number of aromatic nitrogens is 4. The number of hydrogen-bond donors (Lipinski definition) is 1. The van der Waals surface area contributed by atoms with Gasteiger partial charge in [-0.15, -0.1) is 5.10 Å². The summed E-state index contributed by atoms with van der Waals surface area (Å²) in [7, 11) is 0. The Balaban J connectivity index is 1.74. The molecule has 0 aliphatic carbocycles. The number of anilines is 1. The van der Waals surface area contributed by atoms with E-state index in [1.807, 2.05) is 0 Å². The van der Waals surface area contributed by atoms with Crippen LogP contribution in [-0.2, 0) is 15.8 Å². The zero-order chi connectivity index (χ0) is 28.2. The van der Waals surface area contributed by atoms with Crippen LogP contribution in [0.3, 0.4) is 0 Å². The van der Waals surface area contributed by atoms with E-state index in [2.05, 4.69) is 15.1 Å². The van der Waals surface area contributed by atoms with E-state index < -0.39 is 42.6 Å². The van der Waals surface area contributed by atoms with Crippen molar-refractivity contribution in [1.29, 1.82) is 0 Å². The van der Waals surface area contributed by atoms with Gasteiger partial charge in [0.05, 0.1) is 30.4 Å². The number of halogens is 5. The molecule has 14 heteroatoms. The lowest BCUT2D eigenvalue weighted by atomic mass is 10.0. The smallest absolute Gasteiger partial charge is 0.417 e. The van der Waals surface area contributed by atoms with E-state index in [4.69, 9.17) is 0 Å². The zero-order valence-corrected chi connectivity index (χ0v) is 20.6. The summed E-state index contributed by atoms with van der Waals surface area (Å²) >= 11 is 0. The van der Waals surface area contributed by atoms with Crippen molar-refractivity contribution in [3.8, 4) is 17.1 Å². The number of piperidine rings is 1. The standard InChI is InChI=1S/C25H25F5N6O3/c26-24(27)7-3-10-34(15-24)11-6-17(12-23(38)39)35(16-37)21-13-20(36(33-21)22-14-31-8-9-32-22)18-4-1-2-5-19(18)25(28,29)30/h1-2,4-5,8-9,13-14,16-17H,3,6-7,10-12,15H2,(H,38,39)/t17-/m0/s1.